The minimum Gasteiger partial charge on any atom is -0.478 e. The molecule has 112 valence electrons. The van der Waals surface area contributed by atoms with E-state index in [0.717, 1.165) is 11.3 Å². The Bertz CT molecular complexity index is 752. The highest BCUT2D eigenvalue weighted by Crippen LogP contribution is 2.25. The summed E-state index contributed by atoms with van der Waals surface area (Å²) in [6, 6.07) is 7.53. The SMILES string of the molecule is CN(C)c1ccc(NS(=O)(=O)c2cccs2)cc1C(=O)O. The largest absolute Gasteiger partial charge is 0.478 e. The van der Waals surface area contributed by atoms with Crippen LogP contribution in [0.5, 0.6) is 0 Å². The Morgan fingerprint density at radius 3 is 2.52 bits per heavy atom. The van der Waals surface area contributed by atoms with Gasteiger partial charge in [0.05, 0.1) is 11.3 Å². The second-order valence-corrected chi connectivity index (χ2v) is 7.33. The van der Waals surface area contributed by atoms with E-state index in [1.807, 2.05) is 0 Å². The van der Waals surface area contributed by atoms with E-state index < -0.39 is 16.0 Å². The van der Waals surface area contributed by atoms with Crippen LogP contribution in [0, 0.1) is 0 Å². The standard InChI is InChI=1S/C13H14N2O4S2/c1-15(2)11-6-5-9(8-10(11)13(16)17)14-21(18,19)12-4-3-7-20-12/h3-8,14H,1-2H3,(H,16,17). The minimum atomic E-state index is -3.68. The summed E-state index contributed by atoms with van der Waals surface area (Å²) in [5, 5.41) is 10.9. The molecule has 0 aliphatic rings. The second kappa shape index (κ2) is 5.74. The van der Waals surface area contributed by atoms with Crippen molar-refractivity contribution >= 4 is 38.7 Å². The van der Waals surface area contributed by atoms with Crippen LogP contribution in [0.1, 0.15) is 10.4 Å². The lowest BCUT2D eigenvalue weighted by Crippen LogP contribution is -2.16. The summed E-state index contributed by atoms with van der Waals surface area (Å²) in [5.41, 5.74) is 0.749. The van der Waals surface area contributed by atoms with Gasteiger partial charge in [0.1, 0.15) is 4.21 Å². The highest BCUT2D eigenvalue weighted by Gasteiger charge is 2.18. The number of hydrogen-bond donors (Lipinski definition) is 2. The fraction of sp³-hybridized carbons (Fsp3) is 0.154. The third-order valence-corrected chi connectivity index (χ3v) is 5.50. The molecule has 0 saturated carbocycles. The number of sulfonamides is 1. The van der Waals surface area contributed by atoms with Gasteiger partial charge in [0.25, 0.3) is 10.0 Å². The summed E-state index contributed by atoms with van der Waals surface area (Å²) in [7, 11) is -0.245. The first-order valence-corrected chi connectivity index (χ1v) is 8.28. The van der Waals surface area contributed by atoms with E-state index in [4.69, 9.17) is 0 Å². The first kappa shape index (κ1) is 15.3. The molecule has 2 aromatic rings. The maximum atomic E-state index is 12.1. The van der Waals surface area contributed by atoms with Gasteiger partial charge in [-0.1, -0.05) is 6.07 Å². The molecule has 2 N–H and O–H groups in total. The van der Waals surface area contributed by atoms with Gasteiger partial charge in [0, 0.05) is 19.8 Å². The van der Waals surface area contributed by atoms with E-state index >= 15 is 0 Å². The lowest BCUT2D eigenvalue weighted by atomic mass is 10.1. The van der Waals surface area contributed by atoms with Crippen molar-refractivity contribution in [1.82, 2.24) is 0 Å². The minimum absolute atomic E-state index is 0.0337. The monoisotopic (exact) mass is 326 g/mol. The van der Waals surface area contributed by atoms with Gasteiger partial charge >= 0.3 is 5.97 Å². The Morgan fingerprint density at radius 2 is 2.00 bits per heavy atom. The number of rotatable bonds is 5. The first-order valence-electron chi connectivity index (χ1n) is 5.92. The van der Waals surface area contributed by atoms with Crippen molar-refractivity contribution < 1.29 is 18.3 Å². The molecule has 0 aliphatic carbocycles. The number of anilines is 2. The molecule has 0 unspecified atom stereocenters. The number of nitrogens with one attached hydrogen (secondary N) is 1. The van der Waals surface area contributed by atoms with Crippen molar-refractivity contribution in [2.24, 2.45) is 0 Å². The van der Waals surface area contributed by atoms with E-state index in [9.17, 15) is 18.3 Å². The molecule has 1 heterocycles. The molecule has 0 atom stereocenters. The van der Waals surface area contributed by atoms with Crippen molar-refractivity contribution in [3.8, 4) is 0 Å². The maximum absolute atomic E-state index is 12.1. The number of carboxylic acid groups (broad SMARTS) is 1. The summed E-state index contributed by atoms with van der Waals surface area (Å²) in [4.78, 5) is 12.9. The molecule has 0 saturated heterocycles. The van der Waals surface area contributed by atoms with E-state index in [0.29, 0.717) is 5.69 Å². The maximum Gasteiger partial charge on any atom is 0.337 e. The highest BCUT2D eigenvalue weighted by molar-refractivity contribution is 7.94. The topological polar surface area (TPSA) is 86.7 Å². The van der Waals surface area contributed by atoms with Crippen molar-refractivity contribution in [3.05, 3.63) is 41.3 Å². The van der Waals surface area contributed by atoms with Crippen LogP contribution in [0.2, 0.25) is 0 Å². The molecule has 1 aromatic heterocycles. The molecule has 0 fully saturated rings. The number of thiophene rings is 1. The van der Waals surface area contributed by atoms with Crippen molar-refractivity contribution in [1.29, 1.82) is 0 Å². The Kier molecular flexibility index (Phi) is 4.19. The quantitative estimate of drug-likeness (QED) is 0.880. The number of benzene rings is 1. The van der Waals surface area contributed by atoms with E-state index in [-0.39, 0.29) is 15.5 Å². The Hall–Kier alpha value is -2.06. The van der Waals surface area contributed by atoms with Gasteiger partial charge < -0.3 is 10.0 Å². The third-order valence-electron chi connectivity index (χ3n) is 2.72. The fourth-order valence-electron chi connectivity index (χ4n) is 1.78. The number of carbonyl (C=O) groups is 1. The van der Waals surface area contributed by atoms with E-state index in [2.05, 4.69) is 4.72 Å². The van der Waals surface area contributed by atoms with Crippen molar-refractivity contribution in [2.45, 2.75) is 4.21 Å². The Morgan fingerprint density at radius 1 is 1.29 bits per heavy atom. The van der Waals surface area contributed by atoms with E-state index in [1.54, 1.807) is 36.5 Å². The van der Waals surface area contributed by atoms with Crippen LogP contribution in [0.15, 0.2) is 39.9 Å². The van der Waals surface area contributed by atoms with Crippen LogP contribution in [-0.4, -0.2) is 33.6 Å². The molecule has 0 bridgehead atoms. The molecule has 0 radical (unpaired) electrons. The molecule has 1 aromatic carbocycles. The average molecular weight is 326 g/mol. The zero-order chi connectivity index (χ0) is 15.6. The van der Waals surface area contributed by atoms with Crippen LogP contribution in [0.3, 0.4) is 0 Å². The summed E-state index contributed by atoms with van der Waals surface area (Å²) < 4.78 is 26.8. The van der Waals surface area contributed by atoms with Crippen LogP contribution >= 0.6 is 11.3 Å². The smallest absolute Gasteiger partial charge is 0.337 e. The molecule has 2 rings (SSSR count). The molecule has 0 aliphatic heterocycles. The molecular weight excluding hydrogens is 312 g/mol. The first-order chi connectivity index (χ1) is 9.81. The lowest BCUT2D eigenvalue weighted by Gasteiger charge is -2.16. The molecule has 8 heteroatoms. The number of carboxylic acids is 1. The molecule has 21 heavy (non-hydrogen) atoms. The van der Waals surface area contributed by atoms with Crippen LogP contribution < -0.4 is 9.62 Å². The summed E-state index contributed by atoms with van der Waals surface area (Å²) in [6.45, 7) is 0. The normalized spacial score (nSPS) is 11.1. The van der Waals surface area contributed by atoms with Crippen LogP contribution in [-0.2, 0) is 10.0 Å². The zero-order valence-corrected chi connectivity index (χ0v) is 13.0. The highest BCUT2D eigenvalue weighted by atomic mass is 32.2. The van der Waals surface area contributed by atoms with Crippen LogP contribution in [0.4, 0.5) is 11.4 Å². The van der Waals surface area contributed by atoms with Gasteiger partial charge in [-0.2, -0.15) is 0 Å². The van der Waals surface area contributed by atoms with Gasteiger partial charge in [-0.05, 0) is 29.6 Å². The Balaban J connectivity index is 2.38. The molecule has 6 nitrogen and oxygen atoms in total. The lowest BCUT2D eigenvalue weighted by molar-refractivity contribution is 0.0697. The third kappa shape index (κ3) is 3.34. The van der Waals surface area contributed by atoms with Gasteiger partial charge in [0.15, 0.2) is 0 Å². The molecule has 0 spiro atoms. The average Bonchev–Trinajstić information content (AvgIpc) is 2.92. The summed E-state index contributed by atoms with van der Waals surface area (Å²) in [6.07, 6.45) is 0. The van der Waals surface area contributed by atoms with Gasteiger partial charge in [-0.15, -0.1) is 11.3 Å². The Labute approximate surface area is 126 Å². The molecular formula is C13H14N2O4S2. The zero-order valence-electron chi connectivity index (χ0n) is 11.4. The van der Waals surface area contributed by atoms with Gasteiger partial charge in [-0.3, -0.25) is 4.72 Å². The second-order valence-electron chi connectivity index (χ2n) is 4.47. The summed E-state index contributed by atoms with van der Waals surface area (Å²) in [5.74, 6) is -1.11. The predicted molar refractivity (Wildman–Crippen MR) is 82.9 cm³/mol. The van der Waals surface area contributed by atoms with E-state index in [1.165, 1.54) is 18.2 Å². The van der Waals surface area contributed by atoms with Gasteiger partial charge in [0.2, 0.25) is 0 Å². The van der Waals surface area contributed by atoms with Crippen molar-refractivity contribution in [2.75, 3.05) is 23.7 Å². The number of aromatic carboxylic acids is 1. The fourth-order valence-corrected chi connectivity index (χ4v) is 3.83. The van der Waals surface area contributed by atoms with Crippen LogP contribution in [0.25, 0.3) is 0 Å². The number of nitrogens with zero attached hydrogens (tertiary/aromatic N) is 1. The number of hydrogen-bond acceptors (Lipinski definition) is 5. The van der Waals surface area contributed by atoms with Crippen molar-refractivity contribution in [3.63, 3.8) is 0 Å². The summed E-state index contributed by atoms with van der Waals surface area (Å²) >= 11 is 1.09. The van der Waals surface area contributed by atoms with Gasteiger partial charge in [-0.25, -0.2) is 13.2 Å². The predicted octanol–water partition coefficient (Wildman–Crippen LogP) is 2.31. The molecule has 0 amide bonds.